The molecule has 0 radical (unpaired) electrons. The molecular weight excluding hydrogens is 484 g/mol. The van der Waals surface area contributed by atoms with Crippen molar-refractivity contribution in [1.29, 1.82) is 0 Å². The molecule has 0 saturated carbocycles. The largest absolute Gasteiger partial charge is 0.486 e. The summed E-state index contributed by atoms with van der Waals surface area (Å²) >= 11 is 0. The number of nitrogens with zero attached hydrogens (tertiary/aromatic N) is 5. The van der Waals surface area contributed by atoms with Crippen molar-refractivity contribution in [3.05, 3.63) is 65.1 Å². The molecule has 2 aromatic carbocycles. The number of fused-ring (bicyclic) bond motifs is 1. The predicted molar refractivity (Wildman–Crippen MR) is 148 cm³/mol. The summed E-state index contributed by atoms with van der Waals surface area (Å²) in [6, 6.07) is 10.3. The number of benzene rings is 2. The van der Waals surface area contributed by atoms with Crippen molar-refractivity contribution in [3.63, 3.8) is 0 Å². The fourth-order valence-corrected chi connectivity index (χ4v) is 5.65. The minimum Gasteiger partial charge on any atom is -0.486 e. The molecule has 3 heterocycles. The third-order valence-electron chi connectivity index (χ3n) is 7.76. The highest BCUT2D eigenvalue weighted by Crippen LogP contribution is 2.39. The number of aryl methyl sites for hydroxylation is 1. The molecule has 2 aliphatic heterocycles. The second kappa shape index (κ2) is 10.8. The highest BCUT2D eigenvalue weighted by molar-refractivity contribution is 5.72. The first-order valence-electron chi connectivity index (χ1n) is 13.5. The van der Waals surface area contributed by atoms with E-state index in [4.69, 9.17) is 4.74 Å². The molecule has 0 atom stereocenters. The SMILES string of the molecule is Cc1cc(Cc2ncc(F)c(-c3cc(F)c4c(c3)N(C(C)C)CCO4)n2)ccc1N1CCC(N(C)C)CC1. The molecule has 0 amide bonds. The van der Waals surface area contributed by atoms with Crippen molar-refractivity contribution in [3.8, 4) is 17.0 Å². The van der Waals surface area contributed by atoms with Crippen LogP contribution in [0.4, 0.5) is 20.2 Å². The zero-order chi connectivity index (χ0) is 27.0. The highest BCUT2D eigenvalue weighted by atomic mass is 19.1. The van der Waals surface area contributed by atoms with Gasteiger partial charge >= 0.3 is 0 Å². The molecule has 202 valence electrons. The van der Waals surface area contributed by atoms with Crippen LogP contribution in [0.2, 0.25) is 0 Å². The van der Waals surface area contributed by atoms with Gasteiger partial charge < -0.3 is 19.4 Å². The van der Waals surface area contributed by atoms with Crippen LogP contribution in [0.5, 0.6) is 5.75 Å². The van der Waals surface area contributed by atoms with E-state index in [-0.39, 0.29) is 17.5 Å². The molecule has 1 fully saturated rings. The Morgan fingerprint density at radius 1 is 1.03 bits per heavy atom. The summed E-state index contributed by atoms with van der Waals surface area (Å²) in [4.78, 5) is 15.6. The molecule has 1 aromatic heterocycles. The van der Waals surface area contributed by atoms with E-state index in [1.165, 1.54) is 23.5 Å². The molecule has 3 aromatic rings. The van der Waals surface area contributed by atoms with Crippen molar-refractivity contribution in [2.45, 2.75) is 52.1 Å². The Morgan fingerprint density at radius 3 is 2.47 bits per heavy atom. The molecule has 2 aliphatic rings. The van der Waals surface area contributed by atoms with E-state index in [2.05, 4.69) is 63.9 Å². The fourth-order valence-electron chi connectivity index (χ4n) is 5.65. The number of piperidine rings is 1. The number of aromatic nitrogens is 2. The third-order valence-corrected chi connectivity index (χ3v) is 7.76. The molecule has 0 N–H and O–H groups in total. The number of rotatable bonds is 6. The van der Waals surface area contributed by atoms with Crippen LogP contribution in [-0.2, 0) is 6.42 Å². The van der Waals surface area contributed by atoms with Gasteiger partial charge in [0.1, 0.15) is 18.1 Å². The molecule has 0 spiro atoms. The summed E-state index contributed by atoms with van der Waals surface area (Å²) in [5.74, 6) is -0.378. The molecule has 8 heteroatoms. The first-order valence-corrected chi connectivity index (χ1v) is 13.5. The van der Waals surface area contributed by atoms with Gasteiger partial charge in [0.05, 0.1) is 18.4 Å². The molecule has 5 rings (SSSR count). The lowest BCUT2D eigenvalue weighted by molar-refractivity contribution is 0.249. The lowest BCUT2D eigenvalue weighted by atomic mass is 10.0. The first-order chi connectivity index (χ1) is 18.2. The maximum absolute atomic E-state index is 15.0. The van der Waals surface area contributed by atoms with Gasteiger partial charge in [0.2, 0.25) is 0 Å². The van der Waals surface area contributed by atoms with Crippen LogP contribution in [0.1, 0.15) is 43.6 Å². The van der Waals surface area contributed by atoms with Gasteiger partial charge in [0, 0.05) is 42.8 Å². The van der Waals surface area contributed by atoms with Crippen molar-refractivity contribution >= 4 is 11.4 Å². The average Bonchev–Trinajstić information content (AvgIpc) is 2.89. The van der Waals surface area contributed by atoms with E-state index in [1.54, 1.807) is 6.07 Å². The topological polar surface area (TPSA) is 44.7 Å². The van der Waals surface area contributed by atoms with Crippen molar-refractivity contribution < 1.29 is 13.5 Å². The zero-order valence-corrected chi connectivity index (χ0v) is 23.0. The average molecular weight is 522 g/mol. The van der Waals surface area contributed by atoms with Gasteiger partial charge in [-0.1, -0.05) is 12.1 Å². The molecule has 0 bridgehead atoms. The maximum Gasteiger partial charge on any atom is 0.178 e. The molecule has 38 heavy (non-hydrogen) atoms. The van der Waals surface area contributed by atoms with Crippen LogP contribution in [0.3, 0.4) is 0 Å². The zero-order valence-electron chi connectivity index (χ0n) is 23.0. The van der Waals surface area contributed by atoms with Gasteiger partial charge in [0.15, 0.2) is 17.4 Å². The molecule has 1 saturated heterocycles. The second-order valence-corrected chi connectivity index (χ2v) is 10.9. The van der Waals surface area contributed by atoms with E-state index in [9.17, 15) is 4.39 Å². The Bertz CT molecular complexity index is 1300. The Balaban J connectivity index is 1.38. The van der Waals surface area contributed by atoms with Gasteiger partial charge in [0.25, 0.3) is 0 Å². The van der Waals surface area contributed by atoms with E-state index >= 15 is 4.39 Å². The Morgan fingerprint density at radius 2 is 1.79 bits per heavy atom. The number of ether oxygens (including phenoxy) is 1. The normalized spacial score (nSPS) is 16.2. The lowest BCUT2D eigenvalue weighted by Gasteiger charge is -2.37. The highest BCUT2D eigenvalue weighted by Gasteiger charge is 2.26. The van der Waals surface area contributed by atoms with Crippen LogP contribution >= 0.6 is 0 Å². The van der Waals surface area contributed by atoms with E-state index in [0.717, 1.165) is 31.5 Å². The Kier molecular flexibility index (Phi) is 7.52. The quantitative estimate of drug-likeness (QED) is 0.429. The van der Waals surface area contributed by atoms with Gasteiger partial charge in [-0.15, -0.1) is 0 Å². The van der Waals surface area contributed by atoms with Crippen LogP contribution in [0.15, 0.2) is 36.5 Å². The van der Waals surface area contributed by atoms with E-state index in [1.807, 2.05) is 13.8 Å². The first kappa shape index (κ1) is 26.4. The summed E-state index contributed by atoms with van der Waals surface area (Å²) < 4.78 is 35.5. The van der Waals surface area contributed by atoms with E-state index < -0.39 is 11.6 Å². The van der Waals surface area contributed by atoms with E-state index in [0.29, 0.717) is 42.7 Å². The van der Waals surface area contributed by atoms with Gasteiger partial charge in [-0.2, -0.15) is 0 Å². The smallest absolute Gasteiger partial charge is 0.178 e. The second-order valence-electron chi connectivity index (χ2n) is 10.9. The van der Waals surface area contributed by atoms with Gasteiger partial charge in [-0.3, -0.25) is 0 Å². The maximum atomic E-state index is 15.0. The third kappa shape index (κ3) is 5.32. The van der Waals surface area contributed by atoms with Gasteiger partial charge in [-0.05, 0) is 77.0 Å². The number of hydrogen-bond donors (Lipinski definition) is 0. The van der Waals surface area contributed by atoms with Crippen LogP contribution < -0.4 is 14.5 Å². The van der Waals surface area contributed by atoms with Crippen LogP contribution in [0, 0.1) is 18.6 Å². The summed E-state index contributed by atoms with van der Waals surface area (Å²) in [7, 11) is 4.31. The molecule has 0 aliphatic carbocycles. The Hall–Kier alpha value is -3.26. The van der Waals surface area contributed by atoms with Crippen molar-refractivity contribution in [1.82, 2.24) is 14.9 Å². The summed E-state index contributed by atoms with van der Waals surface area (Å²) in [5.41, 5.74) is 4.63. The van der Waals surface area contributed by atoms with Gasteiger partial charge in [-0.25, -0.2) is 18.7 Å². The summed E-state index contributed by atoms with van der Waals surface area (Å²) in [5, 5.41) is 0. The Labute approximate surface area is 224 Å². The number of anilines is 2. The minimum absolute atomic E-state index is 0.100. The standard InChI is InChI=1S/C30H37F2N5O/c1-19(2)37-12-13-38-30-24(31)16-22(17-27(30)37)29-25(32)18-33-28(34-29)15-21-6-7-26(20(3)14-21)36-10-8-23(9-11-36)35(4)5/h6-7,14,16-19,23H,8-13,15H2,1-5H3. The monoisotopic (exact) mass is 521 g/mol. The molecule has 6 nitrogen and oxygen atoms in total. The summed E-state index contributed by atoms with van der Waals surface area (Å²) in [6.07, 6.45) is 3.96. The van der Waals surface area contributed by atoms with Crippen molar-refractivity contribution in [2.24, 2.45) is 0 Å². The predicted octanol–water partition coefficient (Wildman–Crippen LogP) is 5.46. The molecule has 0 unspecified atom stereocenters. The molecular formula is C30H37F2N5O. The minimum atomic E-state index is -0.575. The van der Waals surface area contributed by atoms with Crippen LogP contribution in [0.25, 0.3) is 11.3 Å². The van der Waals surface area contributed by atoms with Crippen molar-refractivity contribution in [2.75, 3.05) is 50.1 Å². The number of hydrogen-bond acceptors (Lipinski definition) is 6. The number of halogens is 2. The summed E-state index contributed by atoms with van der Waals surface area (Å²) in [6.45, 7) is 9.37. The fraction of sp³-hybridized carbons (Fsp3) is 0.467. The lowest BCUT2D eigenvalue weighted by Crippen LogP contribution is -2.42. The van der Waals surface area contributed by atoms with Crippen LogP contribution in [-0.4, -0.2) is 67.3 Å².